The Morgan fingerprint density at radius 3 is 2.59 bits per heavy atom. The van der Waals surface area contributed by atoms with Gasteiger partial charge in [0.2, 0.25) is 0 Å². The second kappa shape index (κ2) is 5.40. The van der Waals surface area contributed by atoms with Crippen molar-refractivity contribution in [2.45, 2.75) is 31.2 Å². The van der Waals surface area contributed by atoms with E-state index < -0.39 is 0 Å². The predicted octanol–water partition coefficient (Wildman–Crippen LogP) is 3.73. The van der Waals surface area contributed by atoms with Gasteiger partial charge in [-0.05, 0) is 40.9 Å². The molecule has 0 atom stereocenters. The molecule has 1 aromatic rings. The third-order valence-electron chi connectivity index (χ3n) is 3.31. The summed E-state index contributed by atoms with van der Waals surface area (Å²) >= 11 is 9.40. The van der Waals surface area contributed by atoms with Crippen LogP contribution in [0.5, 0.6) is 0 Å². The minimum Gasteiger partial charge on any atom is -0.345 e. The molecule has 1 aliphatic carbocycles. The molecule has 1 aromatic carbocycles. The van der Waals surface area contributed by atoms with Crippen LogP contribution in [0, 0.1) is 0 Å². The molecule has 17 heavy (non-hydrogen) atoms. The van der Waals surface area contributed by atoms with Crippen LogP contribution in [0.25, 0.3) is 0 Å². The Labute approximate surface area is 115 Å². The molecule has 1 N–H and O–H groups in total. The monoisotopic (exact) mass is 315 g/mol. The van der Waals surface area contributed by atoms with Crippen molar-refractivity contribution < 1.29 is 4.79 Å². The van der Waals surface area contributed by atoms with Crippen molar-refractivity contribution >= 4 is 33.4 Å². The highest BCUT2D eigenvalue weighted by Gasteiger charge is 2.34. The normalized spacial score (nSPS) is 18.0. The zero-order valence-corrected chi connectivity index (χ0v) is 11.9. The maximum absolute atomic E-state index is 12.2. The van der Waals surface area contributed by atoms with Gasteiger partial charge in [-0.2, -0.15) is 0 Å². The molecule has 0 saturated heterocycles. The fourth-order valence-electron chi connectivity index (χ4n) is 2.30. The van der Waals surface area contributed by atoms with Crippen LogP contribution >= 0.6 is 27.5 Å². The van der Waals surface area contributed by atoms with Crippen molar-refractivity contribution in [1.82, 2.24) is 5.32 Å². The highest BCUT2D eigenvalue weighted by molar-refractivity contribution is 9.10. The number of carbonyl (C=O) groups excluding carboxylic acids is 1. The summed E-state index contributed by atoms with van der Waals surface area (Å²) < 4.78 is 0.820. The van der Waals surface area contributed by atoms with Gasteiger partial charge in [-0.15, -0.1) is 11.6 Å². The van der Waals surface area contributed by atoms with E-state index in [1.54, 1.807) is 0 Å². The van der Waals surface area contributed by atoms with Gasteiger partial charge in [0.25, 0.3) is 5.91 Å². The summed E-state index contributed by atoms with van der Waals surface area (Å²) in [7, 11) is 0. The molecule has 1 fully saturated rings. The van der Waals surface area contributed by atoms with Crippen LogP contribution < -0.4 is 5.32 Å². The van der Waals surface area contributed by atoms with Crippen LogP contribution in [-0.4, -0.2) is 17.3 Å². The molecule has 0 bridgehead atoms. The Kier molecular flexibility index (Phi) is 4.10. The van der Waals surface area contributed by atoms with E-state index in [1.807, 2.05) is 24.3 Å². The number of hydrogen-bond donors (Lipinski definition) is 1. The van der Waals surface area contributed by atoms with E-state index in [0.717, 1.165) is 30.2 Å². The molecule has 0 aliphatic heterocycles. The number of halogens is 2. The molecular formula is C13H15BrClNO. The van der Waals surface area contributed by atoms with Gasteiger partial charge in [0.05, 0.1) is 11.1 Å². The summed E-state index contributed by atoms with van der Waals surface area (Å²) in [6.07, 6.45) is 4.24. The average Bonchev–Trinajstić information content (AvgIpc) is 2.79. The van der Waals surface area contributed by atoms with Crippen LogP contribution in [-0.2, 0) is 0 Å². The summed E-state index contributed by atoms with van der Waals surface area (Å²) in [5.41, 5.74) is 0.470. The summed E-state index contributed by atoms with van der Waals surface area (Å²) in [5.74, 6) is 0.448. The van der Waals surface area contributed by atoms with Crippen molar-refractivity contribution in [1.29, 1.82) is 0 Å². The number of benzene rings is 1. The first-order valence-electron chi connectivity index (χ1n) is 5.80. The van der Waals surface area contributed by atoms with Crippen molar-refractivity contribution in [2.24, 2.45) is 0 Å². The Hall–Kier alpha value is -0.540. The molecule has 0 unspecified atom stereocenters. The molecule has 0 heterocycles. The number of carbonyl (C=O) groups is 1. The number of alkyl halides is 1. The standard InChI is InChI=1S/C13H15BrClNO/c14-11-6-2-1-5-10(11)12(17)16-13(9-15)7-3-4-8-13/h1-2,5-6H,3-4,7-9H2,(H,16,17). The highest BCUT2D eigenvalue weighted by atomic mass is 79.9. The van der Waals surface area contributed by atoms with E-state index in [2.05, 4.69) is 21.2 Å². The van der Waals surface area contributed by atoms with Gasteiger partial charge in [0.1, 0.15) is 0 Å². The van der Waals surface area contributed by atoms with Crippen LogP contribution in [0.1, 0.15) is 36.0 Å². The zero-order chi connectivity index (χ0) is 12.3. The molecule has 4 heteroatoms. The van der Waals surface area contributed by atoms with Gasteiger partial charge in [-0.3, -0.25) is 4.79 Å². The Morgan fingerprint density at radius 1 is 1.35 bits per heavy atom. The number of amides is 1. The minimum atomic E-state index is -0.200. The first-order valence-corrected chi connectivity index (χ1v) is 7.13. The lowest BCUT2D eigenvalue weighted by Gasteiger charge is -2.28. The van der Waals surface area contributed by atoms with Gasteiger partial charge >= 0.3 is 0 Å². The molecule has 2 nitrogen and oxygen atoms in total. The molecule has 0 spiro atoms. The second-order valence-corrected chi connectivity index (χ2v) is 5.68. The Balaban J connectivity index is 2.14. The first-order chi connectivity index (χ1) is 8.17. The average molecular weight is 317 g/mol. The smallest absolute Gasteiger partial charge is 0.252 e. The number of nitrogens with one attached hydrogen (secondary N) is 1. The summed E-state index contributed by atoms with van der Waals surface area (Å²) in [6, 6.07) is 7.45. The predicted molar refractivity (Wildman–Crippen MR) is 73.5 cm³/mol. The maximum atomic E-state index is 12.2. The van der Waals surface area contributed by atoms with Crippen molar-refractivity contribution in [3.63, 3.8) is 0 Å². The van der Waals surface area contributed by atoms with Crippen molar-refractivity contribution in [2.75, 3.05) is 5.88 Å². The molecule has 1 saturated carbocycles. The van der Waals surface area contributed by atoms with E-state index >= 15 is 0 Å². The molecule has 0 aromatic heterocycles. The third-order valence-corrected chi connectivity index (χ3v) is 4.52. The lowest BCUT2D eigenvalue weighted by atomic mass is 9.99. The van der Waals surface area contributed by atoms with Crippen molar-refractivity contribution in [3.8, 4) is 0 Å². The van der Waals surface area contributed by atoms with Gasteiger partial charge in [0, 0.05) is 10.4 Å². The largest absolute Gasteiger partial charge is 0.345 e. The van der Waals surface area contributed by atoms with E-state index in [0.29, 0.717) is 11.4 Å². The topological polar surface area (TPSA) is 29.1 Å². The highest BCUT2D eigenvalue weighted by Crippen LogP contribution is 2.31. The van der Waals surface area contributed by atoms with Crippen LogP contribution in [0.4, 0.5) is 0 Å². The lowest BCUT2D eigenvalue weighted by Crippen LogP contribution is -2.47. The quantitative estimate of drug-likeness (QED) is 0.846. The molecule has 92 valence electrons. The van der Waals surface area contributed by atoms with Crippen molar-refractivity contribution in [3.05, 3.63) is 34.3 Å². The van der Waals surface area contributed by atoms with E-state index in [1.165, 1.54) is 0 Å². The molecule has 2 rings (SSSR count). The van der Waals surface area contributed by atoms with Crippen LogP contribution in [0.15, 0.2) is 28.7 Å². The maximum Gasteiger partial charge on any atom is 0.252 e. The van der Waals surface area contributed by atoms with Crippen LogP contribution in [0.2, 0.25) is 0 Å². The first kappa shape index (κ1) is 12.9. The third kappa shape index (κ3) is 2.83. The van der Waals surface area contributed by atoms with Gasteiger partial charge in [0.15, 0.2) is 0 Å². The van der Waals surface area contributed by atoms with E-state index in [9.17, 15) is 4.79 Å². The summed E-state index contributed by atoms with van der Waals surface area (Å²) in [5, 5.41) is 3.10. The van der Waals surface area contributed by atoms with Gasteiger partial charge < -0.3 is 5.32 Å². The summed E-state index contributed by atoms with van der Waals surface area (Å²) in [6.45, 7) is 0. The molecule has 1 amide bonds. The molecule has 1 aliphatic rings. The molecule has 0 radical (unpaired) electrons. The summed E-state index contributed by atoms with van der Waals surface area (Å²) in [4.78, 5) is 12.2. The van der Waals surface area contributed by atoms with E-state index in [-0.39, 0.29) is 11.4 Å². The Bertz CT molecular complexity index is 416. The SMILES string of the molecule is O=C(NC1(CCl)CCCC1)c1ccccc1Br. The van der Waals surface area contributed by atoms with Crippen LogP contribution in [0.3, 0.4) is 0 Å². The van der Waals surface area contributed by atoms with Gasteiger partial charge in [-0.25, -0.2) is 0 Å². The minimum absolute atomic E-state index is 0.0416. The van der Waals surface area contributed by atoms with Gasteiger partial charge in [-0.1, -0.05) is 25.0 Å². The fourth-order valence-corrected chi connectivity index (χ4v) is 3.10. The zero-order valence-electron chi connectivity index (χ0n) is 9.51. The fraction of sp³-hybridized carbons (Fsp3) is 0.462. The number of hydrogen-bond acceptors (Lipinski definition) is 1. The Morgan fingerprint density at radius 2 is 2.00 bits per heavy atom. The lowest BCUT2D eigenvalue weighted by molar-refractivity contribution is 0.0908. The molecular weight excluding hydrogens is 302 g/mol. The second-order valence-electron chi connectivity index (χ2n) is 4.56. The number of rotatable bonds is 3. The van der Waals surface area contributed by atoms with E-state index in [4.69, 9.17) is 11.6 Å².